The lowest BCUT2D eigenvalue weighted by Gasteiger charge is -2.36. The van der Waals surface area contributed by atoms with Gasteiger partial charge < -0.3 is 38.3 Å². The first-order chi connectivity index (χ1) is 4.77. The maximum Gasteiger partial charge on any atom is 0.102 e. The van der Waals surface area contributed by atoms with Crippen LogP contribution >= 0.6 is 0 Å². The highest BCUT2D eigenvalue weighted by Gasteiger charge is 2.23. The molecule has 4 heteroatoms. The molecule has 1 aliphatic rings. The van der Waals surface area contributed by atoms with Crippen molar-refractivity contribution in [2.75, 3.05) is 46.5 Å². The number of likely N-dealkylation sites (N-methyl/N-ethyl adjacent to an activating group) is 1. The van der Waals surface area contributed by atoms with Gasteiger partial charge in [-0.25, -0.2) is 0 Å². The minimum Gasteiger partial charge on any atom is -1.00 e. The maximum atomic E-state index is 8.73. The van der Waals surface area contributed by atoms with Crippen LogP contribution in [0.25, 0.3) is 0 Å². The fraction of sp³-hybridized carbons (Fsp3) is 1.00. The monoisotopic (exact) mass is 273 g/mol. The van der Waals surface area contributed by atoms with Crippen molar-refractivity contribution in [2.24, 2.45) is 0 Å². The lowest BCUT2D eigenvalue weighted by Crippen LogP contribution is -3.00. The molecule has 0 amide bonds. The molecule has 11 heavy (non-hydrogen) atoms. The summed E-state index contributed by atoms with van der Waals surface area (Å²) >= 11 is 0. The number of morpholine rings is 1. The van der Waals surface area contributed by atoms with E-state index in [1.54, 1.807) is 0 Å². The Hall–Kier alpha value is 0.610. The van der Waals surface area contributed by atoms with Crippen LogP contribution < -0.4 is 24.0 Å². The normalized spacial score (nSPS) is 22.4. The van der Waals surface area contributed by atoms with Crippen molar-refractivity contribution < 1.29 is 38.3 Å². The van der Waals surface area contributed by atoms with Gasteiger partial charge in [0.05, 0.1) is 26.9 Å². The molecule has 1 saturated heterocycles. The Balaban J connectivity index is 0.000001000. The van der Waals surface area contributed by atoms with Crippen LogP contribution in [0.2, 0.25) is 0 Å². The number of nitrogens with zero attached hydrogens (tertiary/aromatic N) is 1. The third-order valence-corrected chi connectivity index (χ3v) is 2.19. The second-order valence-corrected chi connectivity index (χ2v) is 3.13. The molecule has 68 valence electrons. The summed E-state index contributed by atoms with van der Waals surface area (Å²) in [7, 11) is 2.17. The first-order valence-corrected chi connectivity index (χ1v) is 3.79. The van der Waals surface area contributed by atoms with Crippen LogP contribution in [0.4, 0.5) is 0 Å². The van der Waals surface area contributed by atoms with Gasteiger partial charge in [0.25, 0.3) is 0 Å². The van der Waals surface area contributed by atoms with Gasteiger partial charge in [0, 0.05) is 0 Å². The first kappa shape index (κ1) is 11.6. The van der Waals surface area contributed by atoms with Crippen molar-refractivity contribution >= 4 is 0 Å². The summed E-state index contributed by atoms with van der Waals surface area (Å²) in [5.74, 6) is 0. The third kappa shape index (κ3) is 3.68. The molecule has 0 radical (unpaired) electrons. The van der Waals surface area contributed by atoms with Crippen molar-refractivity contribution in [1.82, 2.24) is 0 Å². The van der Waals surface area contributed by atoms with Gasteiger partial charge in [-0.3, -0.25) is 0 Å². The van der Waals surface area contributed by atoms with E-state index in [1.165, 1.54) is 0 Å². The van der Waals surface area contributed by atoms with Crippen LogP contribution in [0.3, 0.4) is 0 Å². The topological polar surface area (TPSA) is 29.5 Å². The summed E-state index contributed by atoms with van der Waals surface area (Å²) < 4.78 is 6.18. The number of aliphatic hydroxyl groups excluding tert-OH is 1. The summed E-state index contributed by atoms with van der Waals surface area (Å²) in [5.41, 5.74) is 0. The molecule has 0 aliphatic carbocycles. The Labute approximate surface area is 84.9 Å². The van der Waals surface area contributed by atoms with Gasteiger partial charge in [-0.15, -0.1) is 0 Å². The molecule has 1 aliphatic heterocycles. The molecule has 0 aromatic carbocycles. The third-order valence-electron chi connectivity index (χ3n) is 2.19. The zero-order valence-electron chi connectivity index (χ0n) is 6.92. The first-order valence-electron chi connectivity index (χ1n) is 3.79. The Bertz CT molecular complexity index is 99.1. The molecular formula is C7H16INO2. The van der Waals surface area contributed by atoms with Crippen molar-refractivity contribution in [3.05, 3.63) is 0 Å². The van der Waals surface area contributed by atoms with Crippen LogP contribution in [0.15, 0.2) is 0 Å². The average Bonchev–Trinajstić information content (AvgIpc) is 1.89. The molecule has 0 atom stereocenters. The van der Waals surface area contributed by atoms with Crippen molar-refractivity contribution in [1.29, 1.82) is 0 Å². The number of hydrogen-bond donors (Lipinski definition) is 1. The number of quaternary nitrogens is 1. The highest BCUT2D eigenvalue weighted by molar-refractivity contribution is 4.45. The second-order valence-electron chi connectivity index (χ2n) is 3.13. The van der Waals surface area contributed by atoms with Gasteiger partial charge in [0.15, 0.2) is 0 Å². The number of aliphatic hydroxyl groups is 1. The fourth-order valence-electron chi connectivity index (χ4n) is 1.25. The van der Waals surface area contributed by atoms with Crippen LogP contribution in [-0.2, 0) is 4.74 Å². The van der Waals surface area contributed by atoms with E-state index < -0.39 is 0 Å². The SMILES string of the molecule is C[N+]1(CCO)CCOCC1.[I-]. The highest BCUT2D eigenvalue weighted by atomic mass is 127. The van der Waals surface area contributed by atoms with E-state index in [1.807, 2.05) is 0 Å². The van der Waals surface area contributed by atoms with E-state index >= 15 is 0 Å². The van der Waals surface area contributed by atoms with Crippen molar-refractivity contribution in [2.45, 2.75) is 0 Å². The molecule has 1 N–H and O–H groups in total. The lowest BCUT2D eigenvalue weighted by atomic mass is 10.3. The summed E-state index contributed by atoms with van der Waals surface area (Å²) in [6.07, 6.45) is 0. The number of rotatable bonds is 2. The van der Waals surface area contributed by atoms with Gasteiger partial charge in [0.2, 0.25) is 0 Å². The van der Waals surface area contributed by atoms with Gasteiger partial charge in [0.1, 0.15) is 19.6 Å². The smallest absolute Gasteiger partial charge is 0.102 e. The van der Waals surface area contributed by atoms with Crippen LogP contribution in [0, 0.1) is 0 Å². The summed E-state index contributed by atoms with van der Waals surface area (Å²) in [4.78, 5) is 0. The Morgan fingerprint density at radius 2 is 1.91 bits per heavy atom. The number of halogens is 1. The molecule has 0 spiro atoms. The molecule has 0 bridgehead atoms. The molecular weight excluding hydrogens is 257 g/mol. The quantitative estimate of drug-likeness (QED) is 0.417. The number of hydrogen-bond acceptors (Lipinski definition) is 2. The fourth-order valence-corrected chi connectivity index (χ4v) is 1.25. The predicted molar refractivity (Wildman–Crippen MR) is 38.7 cm³/mol. The molecule has 3 nitrogen and oxygen atoms in total. The van der Waals surface area contributed by atoms with E-state index in [0.29, 0.717) is 0 Å². The van der Waals surface area contributed by atoms with E-state index in [2.05, 4.69) is 7.05 Å². The van der Waals surface area contributed by atoms with Gasteiger partial charge in [-0.2, -0.15) is 0 Å². The van der Waals surface area contributed by atoms with E-state index in [0.717, 1.165) is 37.3 Å². The Morgan fingerprint density at radius 1 is 1.36 bits per heavy atom. The minimum atomic E-state index is 0. The summed E-state index contributed by atoms with van der Waals surface area (Å²) in [6, 6.07) is 0. The molecule has 0 unspecified atom stereocenters. The highest BCUT2D eigenvalue weighted by Crippen LogP contribution is 2.05. The van der Waals surface area contributed by atoms with Gasteiger partial charge in [-0.1, -0.05) is 0 Å². The summed E-state index contributed by atoms with van der Waals surface area (Å²) in [5, 5.41) is 8.73. The molecule has 0 aromatic heterocycles. The average molecular weight is 273 g/mol. The molecule has 1 fully saturated rings. The van der Waals surface area contributed by atoms with Crippen LogP contribution in [-0.4, -0.2) is 56.1 Å². The zero-order chi connectivity index (χ0) is 7.45. The predicted octanol–water partition coefficient (Wildman–Crippen LogP) is -3.54. The van der Waals surface area contributed by atoms with Gasteiger partial charge >= 0.3 is 0 Å². The standard InChI is InChI=1S/C7H16NO2.HI/c1-8(2-5-9)3-6-10-7-4-8;/h9H,2-7H2,1H3;1H/q+1;/p-1. The maximum absolute atomic E-state index is 8.73. The molecule has 0 saturated carbocycles. The largest absolute Gasteiger partial charge is 1.00 e. The number of ether oxygens (including phenoxy) is 1. The van der Waals surface area contributed by atoms with Crippen LogP contribution in [0.5, 0.6) is 0 Å². The van der Waals surface area contributed by atoms with Gasteiger partial charge in [-0.05, 0) is 0 Å². The second kappa shape index (κ2) is 5.29. The Morgan fingerprint density at radius 3 is 2.36 bits per heavy atom. The summed E-state index contributed by atoms with van der Waals surface area (Å²) in [6.45, 7) is 4.92. The van der Waals surface area contributed by atoms with E-state index in [-0.39, 0.29) is 30.6 Å². The zero-order valence-corrected chi connectivity index (χ0v) is 9.08. The van der Waals surface area contributed by atoms with Crippen LogP contribution in [0.1, 0.15) is 0 Å². The molecule has 1 rings (SSSR count). The molecule has 1 heterocycles. The van der Waals surface area contributed by atoms with E-state index in [4.69, 9.17) is 9.84 Å². The van der Waals surface area contributed by atoms with Crippen molar-refractivity contribution in [3.8, 4) is 0 Å². The molecule has 0 aromatic rings. The van der Waals surface area contributed by atoms with Crippen molar-refractivity contribution in [3.63, 3.8) is 0 Å². The van der Waals surface area contributed by atoms with E-state index in [9.17, 15) is 0 Å². The Kier molecular flexibility index (Phi) is 5.58. The minimum absolute atomic E-state index is 0. The lowest BCUT2D eigenvalue weighted by molar-refractivity contribution is -0.917.